The van der Waals surface area contributed by atoms with Gasteiger partial charge in [-0.05, 0) is 26.7 Å². The number of nitrogens with zero attached hydrogens (tertiary/aromatic N) is 3. The monoisotopic (exact) mass is 298 g/mol. The Kier molecular flexibility index (Phi) is 5.42. The van der Waals surface area contributed by atoms with Crippen LogP contribution in [0, 0.1) is 0 Å². The van der Waals surface area contributed by atoms with Crippen LogP contribution < -0.4 is 5.32 Å². The van der Waals surface area contributed by atoms with E-state index in [9.17, 15) is 4.79 Å². The van der Waals surface area contributed by atoms with Crippen molar-refractivity contribution in [1.82, 2.24) is 20.1 Å². The van der Waals surface area contributed by atoms with Crippen molar-refractivity contribution in [2.75, 3.05) is 20.3 Å². The van der Waals surface area contributed by atoms with Crippen molar-refractivity contribution >= 4 is 17.7 Å². The summed E-state index contributed by atoms with van der Waals surface area (Å²) >= 11 is 1.46. The Morgan fingerprint density at radius 3 is 2.90 bits per heavy atom. The van der Waals surface area contributed by atoms with Crippen LogP contribution in [0.2, 0.25) is 0 Å². The molecule has 7 heteroatoms. The molecule has 112 valence electrons. The number of carbonyl (C=O) groups is 1. The molecule has 1 amide bonds. The maximum Gasteiger partial charge on any atom is 0.233 e. The Morgan fingerprint density at radius 1 is 1.55 bits per heavy atom. The third kappa shape index (κ3) is 3.73. The lowest BCUT2D eigenvalue weighted by Gasteiger charge is -2.12. The van der Waals surface area contributed by atoms with Crippen molar-refractivity contribution in [3.8, 4) is 0 Å². The van der Waals surface area contributed by atoms with Gasteiger partial charge in [-0.15, -0.1) is 10.2 Å². The fourth-order valence-corrected chi connectivity index (χ4v) is 2.90. The fourth-order valence-electron chi connectivity index (χ4n) is 1.96. The summed E-state index contributed by atoms with van der Waals surface area (Å²) in [5, 5.41) is 12.0. The standard InChI is InChI=1S/C13H22N4O2S/c1-4-17-11(10-5-6-10)15-16-13(17)20-9(2)12(18)14-7-8-19-3/h9-10H,4-8H2,1-3H3,(H,14,18)/t9-/m1/s1. The molecule has 1 aliphatic carbocycles. The second-order valence-electron chi connectivity index (χ2n) is 4.90. The van der Waals surface area contributed by atoms with Gasteiger partial charge in [0.15, 0.2) is 5.16 Å². The number of carbonyl (C=O) groups excluding carboxylic acids is 1. The molecule has 1 saturated carbocycles. The van der Waals surface area contributed by atoms with Gasteiger partial charge < -0.3 is 14.6 Å². The van der Waals surface area contributed by atoms with Crippen molar-refractivity contribution < 1.29 is 9.53 Å². The molecular weight excluding hydrogens is 276 g/mol. The van der Waals surface area contributed by atoms with Crippen LogP contribution in [0.3, 0.4) is 0 Å². The minimum Gasteiger partial charge on any atom is -0.383 e. The Hall–Kier alpha value is -1.08. The minimum atomic E-state index is -0.187. The highest BCUT2D eigenvalue weighted by molar-refractivity contribution is 8.00. The van der Waals surface area contributed by atoms with Crippen LogP contribution in [0.25, 0.3) is 0 Å². The van der Waals surface area contributed by atoms with E-state index in [0.717, 1.165) is 17.5 Å². The minimum absolute atomic E-state index is 0.00525. The van der Waals surface area contributed by atoms with E-state index >= 15 is 0 Å². The van der Waals surface area contributed by atoms with Gasteiger partial charge in [-0.3, -0.25) is 4.79 Å². The van der Waals surface area contributed by atoms with Gasteiger partial charge in [0.1, 0.15) is 5.82 Å². The summed E-state index contributed by atoms with van der Waals surface area (Å²) in [6.45, 7) is 5.88. The van der Waals surface area contributed by atoms with Crippen molar-refractivity contribution in [3.05, 3.63) is 5.82 Å². The van der Waals surface area contributed by atoms with Crippen LogP contribution in [0.15, 0.2) is 5.16 Å². The van der Waals surface area contributed by atoms with E-state index in [-0.39, 0.29) is 11.2 Å². The molecule has 1 fully saturated rings. The largest absolute Gasteiger partial charge is 0.383 e. The first kappa shape index (κ1) is 15.3. The van der Waals surface area contributed by atoms with Crippen molar-refractivity contribution in [1.29, 1.82) is 0 Å². The second kappa shape index (κ2) is 7.08. The number of rotatable bonds is 8. The molecule has 0 radical (unpaired) electrons. The van der Waals surface area contributed by atoms with E-state index in [2.05, 4.69) is 27.0 Å². The molecular formula is C13H22N4O2S. The molecule has 0 aromatic carbocycles. The van der Waals surface area contributed by atoms with E-state index in [1.54, 1.807) is 7.11 Å². The Labute approximate surface area is 123 Å². The summed E-state index contributed by atoms with van der Waals surface area (Å²) in [5.41, 5.74) is 0. The van der Waals surface area contributed by atoms with Crippen LogP contribution in [0.4, 0.5) is 0 Å². The molecule has 2 rings (SSSR count). The molecule has 1 aliphatic rings. The van der Waals surface area contributed by atoms with E-state index in [1.165, 1.54) is 24.6 Å². The zero-order valence-electron chi connectivity index (χ0n) is 12.3. The van der Waals surface area contributed by atoms with Crippen LogP contribution >= 0.6 is 11.8 Å². The lowest BCUT2D eigenvalue weighted by molar-refractivity contribution is -0.120. The lowest BCUT2D eigenvalue weighted by Crippen LogP contribution is -2.33. The van der Waals surface area contributed by atoms with Gasteiger partial charge in [-0.1, -0.05) is 11.8 Å². The number of nitrogens with one attached hydrogen (secondary N) is 1. The zero-order chi connectivity index (χ0) is 14.5. The average Bonchev–Trinajstić information content (AvgIpc) is 3.20. The highest BCUT2D eigenvalue weighted by Crippen LogP contribution is 2.40. The molecule has 1 aromatic rings. The highest BCUT2D eigenvalue weighted by Gasteiger charge is 2.30. The molecule has 6 nitrogen and oxygen atoms in total. The molecule has 0 unspecified atom stereocenters. The van der Waals surface area contributed by atoms with E-state index in [4.69, 9.17) is 4.74 Å². The third-order valence-corrected chi connectivity index (χ3v) is 4.34. The second-order valence-corrected chi connectivity index (χ2v) is 6.21. The number of thioether (sulfide) groups is 1. The number of aromatic nitrogens is 3. The predicted molar refractivity (Wildman–Crippen MR) is 77.9 cm³/mol. The van der Waals surface area contributed by atoms with Gasteiger partial charge >= 0.3 is 0 Å². The number of methoxy groups -OCH3 is 1. The summed E-state index contributed by atoms with van der Waals surface area (Å²) in [6, 6.07) is 0. The predicted octanol–water partition coefficient (Wildman–Crippen LogP) is 1.42. The molecule has 0 spiro atoms. The molecule has 1 heterocycles. The molecule has 1 atom stereocenters. The first-order valence-corrected chi connectivity index (χ1v) is 7.91. The Balaban J connectivity index is 1.93. The SMILES string of the molecule is CCn1c(S[C@H](C)C(=O)NCCOC)nnc1C1CC1. The average molecular weight is 298 g/mol. The van der Waals surface area contributed by atoms with Gasteiger partial charge in [-0.25, -0.2) is 0 Å². The first-order valence-electron chi connectivity index (χ1n) is 7.03. The quantitative estimate of drug-likeness (QED) is 0.580. The summed E-state index contributed by atoms with van der Waals surface area (Å²) in [4.78, 5) is 11.9. The first-order chi connectivity index (χ1) is 9.67. The summed E-state index contributed by atoms with van der Waals surface area (Å²) in [5.74, 6) is 1.65. The summed E-state index contributed by atoms with van der Waals surface area (Å²) < 4.78 is 7.04. The maximum absolute atomic E-state index is 11.9. The normalized spacial score (nSPS) is 16.1. The summed E-state index contributed by atoms with van der Waals surface area (Å²) in [7, 11) is 1.62. The molecule has 20 heavy (non-hydrogen) atoms. The molecule has 1 N–H and O–H groups in total. The molecule has 0 bridgehead atoms. The fraction of sp³-hybridized carbons (Fsp3) is 0.769. The molecule has 1 aromatic heterocycles. The third-order valence-electron chi connectivity index (χ3n) is 3.26. The van der Waals surface area contributed by atoms with Crippen molar-refractivity contribution in [2.24, 2.45) is 0 Å². The van der Waals surface area contributed by atoms with Crippen LogP contribution in [-0.2, 0) is 16.1 Å². The highest BCUT2D eigenvalue weighted by atomic mass is 32.2. The van der Waals surface area contributed by atoms with Gasteiger partial charge in [0.2, 0.25) is 5.91 Å². The Bertz CT molecular complexity index is 459. The Morgan fingerprint density at radius 2 is 2.30 bits per heavy atom. The van der Waals surface area contributed by atoms with Crippen molar-refractivity contribution in [3.63, 3.8) is 0 Å². The lowest BCUT2D eigenvalue weighted by atomic mass is 10.4. The number of hydrogen-bond acceptors (Lipinski definition) is 5. The summed E-state index contributed by atoms with van der Waals surface area (Å²) in [6.07, 6.45) is 2.41. The molecule has 0 aliphatic heterocycles. The maximum atomic E-state index is 11.9. The smallest absolute Gasteiger partial charge is 0.233 e. The van der Waals surface area contributed by atoms with E-state index < -0.39 is 0 Å². The van der Waals surface area contributed by atoms with Crippen molar-refractivity contribution in [2.45, 2.75) is 49.6 Å². The van der Waals surface area contributed by atoms with E-state index in [1.807, 2.05) is 6.92 Å². The van der Waals surface area contributed by atoms with E-state index in [0.29, 0.717) is 19.1 Å². The van der Waals surface area contributed by atoms with Gasteiger partial charge in [-0.2, -0.15) is 0 Å². The van der Waals surface area contributed by atoms with Gasteiger partial charge in [0.25, 0.3) is 0 Å². The van der Waals surface area contributed by atoms with Crippen LogP contribution in [0.1, 0.15) is 38.4 Å². The van der Waals surface area contributed by atoms with Gasteiger partial charge in [0.05, 0.1) is 11.9 Å². The van der Waals surface area contributed by atoms with Gasteiger partial charge in [0, 0.05) is 26.1 Å². The zero-order valence-corrected chi connectivity index (χ0v) is 13.1. The number of hydrogen-bond donors (Lipinski definition) is 1. The molecule has 0 saturated heterocycles. The number of ether oxygens (including phenoxy) is 1. The van der Waals surface area contributed by atoms with Crippen LogP contribution in [-0.4, -0.2) is 46.2 Å². The topological polar surface area (TPSA) is 69.0 Å². The number of amides is 1. The van der Waals surface area contributed by atoms with Crippen LogP contribution in [0.5, 0.6) is 0 Å².